The molecule has 22 heavy (non-hydrogen) atoms. The third kappa shape index (κ3) is 1.12. The molecule has 14 unspecified atom stereocenters. The molecule has 14 atom stereocenters. The van der Waals surface area contributed by atoms with E-state index in [4.69, 9.17) is 4.74 Å². The van der Waals surface area contributed by atoms with Crippen molar-refractivity contribution in [2.45, 2.75) is 58.2 Å². The van der Waals surface area contributed by atoms with E-state index in [1.54, 1.807) is 25.7 Å². The van der Waals surface area contributed by atoms with Crippen LogP contribution in [0, 0.1) is 71.0 Å². The Morgan fingerprint density at radius 2 is 1.23 bits per heavy atom. The fourth-order valence-corrected chi connectivity index (χ4v) is 10.3. The van der Waals surface area contributed by atoms with Gasteiger partial charge in [-0.15, -0.1) is 0 Å². The summed E-state index contributed by atoms with van der Waals surface area (Å²) in [6.07, 6.45) is 9.18. The SMILES string of the molecule is CC1CC2C(C1)C1CC2C2C3CC(C12)C1C2OC(CC2C)C31. The highest BCUT2D eigenvalue weighted by atomic mass is 16.5. The molecule has 7 aliphatic rings. The number of fused-ring (bicyclic) bond motifs is 19. The molecule has 1 nitrogen and oxygen atoms in total. The Kier molecular flexibility index (Phi) is 2.04. The predicted molar refractivity (Wildman–Crippen MR) is 85.0 cm³/mol. The molecule has 0 aromatic heterocycles. The van der Waals surface area contributed by atoms with Crippen LogP contribution in [-0.2, 0) is 4.74 Å². The maximum Gasteiger partial charge on any atom is 0.0640 e. The minimum Gasteiger partial charge on any atom is -0.374 e. The summed E-state index contributed by atoms with van der Waals surface area (Å²) in [5.41, 5.74) is 0. The van der Waals surface area contributed by atoms with Crippen LogP contribution in [0.5, 0.6) is 0 Å². The standard InChI is InChI=1S/C21H30O/c1-8-3-10-11(4-8)13-6-12(10)17-14-7-15(18(13)17)20-19(14)16-5-9(2)21(20)22-16/h8-21H,3-7H2,1-2H3. The summed E-state index contributed by atoms with van der Waals surface area (Å²) in [5.74, 6) is 13.0. The van der Waals surface area contributed by atoms with Crippen LogP contribution >= 0.6 is 0 Å². The van der Waals surface area contributed by atoms with E-state index in [1.165, 1.54) is 6.42 Å². The van der Waals surface area contributed by atoms with Gasteiger partial charge in [0.25, 0.3) is 0 Å². The zero-order valence-electron chi connectivity index (χ0n) is 14.0. The van der Waals surface area contributed by atoms with Gasteiger partial charge in [0, 0.05) is 0 Å². The molecule has 2 heterocycles. The first-order chi connectivity index (χ1) is 10.7. The van der Waals surface area contributed by atoms with Crippen LogP contribution in [0.4, 0.5) is 0 Å². The first-order valence-corrected chi connectivity index (χ1v) is 10.4. The second-order valence-electron chi connectivity index (χ2n) is 10.7. The number of rotatable bonds is 0. The van der Waals surface area contributed by atoms with E-state index in [0.717, 1.165) is 71.0 Å². The van der Waals surface area contributed by atoms with Crippen LogP contribution in [0.2, 0.25) is 0 Å². The first kappa shape index (κ1) is 12.3. The predicted octanol–water partition coefficient (Wildman–Crippen LogP) is 4.22. The summed E-state index contributed by atoms with van der Waals surface area (Å²) in [4.78, 5) is 0. The quantitative estimate of drug-likeness (QED) is 0.608. The highest BCUT2D eigenvalue weighted by molar-refractivity contribution is 5.22. The van der Waals surface area contributed by atoms with Crippen molar-refractivity contribution < 1.29 is 4.74 Å². The van der Waals surface area contributed by atoms with Crippen LogP contribution < -0.4 is 0 Å². The van der Waals surface area contributed by atoms with Gasteiger partial charge in [-0.05, 0) is 103 Å². The molecule has 0 aromatic rings. The fraction of sp³-hybridized carbons (Fsp3) is 1.00. The molecule has 120 valence electrons. The lowest BCUT2D eigenvalue weighted by Gasteiger charge is -2.47. The second-order valence-corrected chi connectivity index (χ2v) is 10.7. The smallest absolute Gasteiger partial charge is 0.0640 e. The van der Waals surface area contributed by atoms with Crippen LogP contribution in [0.1, 0.15) is 46.0 Å². The highest BCUT2D eigenvalue weighted by Crippen LogP contribution is 2.78. The number of hydrogen-bond acceptors (Lipinski definition) is 1. The van der Waals surface area contributed by atoms with Gasteiger partial charge in [-0.3, -0.25) is 0 Å². The summed E-state index contributed by atoms with van der Waals surface area (Å²) in [6.45, 7) is 5.01. The average molecular weight is 298 g/mol. The lowest BCUT2D eigenvalue weighted by atomic mass is 9.56. The molecule has 5 aliphatic carbocycles. The summed E-state index contributed by atoms with van der Waals surface area (Å²) >= 11 is 0. The average Bonchev–Trinajstić information content (AvgIpc) is 3.25. The van der Waals surface area contributed by atoms with Crippen LogP contribution in [-0.4, -0.2) is 12.2 Å². The Hall–Kier alpha value is -0.0400. The fourth-order valence-electron chi connectivity index (χ4n) is 10.3. The van der Waals surface area contributed by atoms with E-state index in [2.05, 4.69) is 13.8 Å². The van der Waals surface area contributed by atoms with Gasteiger partial charge in [0.05, 0.1) is 12.2 Å². The maximum atomic E-state index is 6.50. The Morgan fingerprint density at radius 3 is 1.95 bits per heavy atom. The molecule has 0 N–H and O–H groups in total. The van der Waals surface area contributed by atoms with Crippen molar-refractivity contribution in [2.75, 3.05) is 0 Å². The molecule has 6 bridgehead atoms. The lowest BCUT2D eigenvalue weighted by Crippen LogP contribution is -2.47. The van der Waals surface area contributed by atoms with Crippen LogP contribution in [0.15, 0.2) is 0 Å². The summed E-state index contributed by atoms with van der Waals surface area (Å²) in [7, 11) is 0. The van der Waals surface area contributed by atoms with E-state index in [1.807, 2.05) is 0 Å². The van der Waals surface area contributed by atoms with Gasteiger partial charge in [-0.1, -0.05) is 13.8 Å². The van der Waals surface area contributed by atoms with Crippen molar-refractivity contribution in [3.63, 3.8) is 0 Å². The van der Waals surface area contributed by atoms with Gasteiger partial charge in [0.1, 0.15) is 0 Å². The van der Waals surface area contributed by atoms with Gasteiger partial charge >= 0.3 is 0 Å². The van der Waals surface area contributed by atoms with Crippen molar-refractivity contribution in [3.05, 3.63) is 0 Å². The van der Waals surface area contributed by atoms with E-state index >= 15 is 0 Å². The first-order valence-electron chi connectivity index (χ1n) is 10.4. The molecule has 0 radical (unpaired) electrons. The molecule has 2 saturated heterocycles. The number of ether oxygens (including phenoxy) is 1. The molecule has 0 spiro atoms. The molecular formula is C21H30O. The van der Waals surface area contributed by atoms with Gasteiger partial charge in [0.15, 0.2) is 0 Å². The van der Waals surface area contributed by atoms with Gasteiger partial charge < -0.3 is 4.74 Å². The molecule has 5 saturated carbocycles. The minimum absolute atomic E-state index is 0.670. The topological polar surface area (TPSA) is 9.23 Å². The van der Waals surface area contributed by atoms with Crippen molar-refractivity contribution >= 4 is 0 Å². The van der Waals surface area contributed by atoms with Gasteiger partial charge in [-0.2, -0.15) is 0 Å². The van der Waals surface area contributed by atoms with Crippen molar-refractivity contribution in [1.82, 2.24) is 0 Å². The third-order valence-corrected chi connectivity index (χ3v) is 10.2. The van der Waals surface area contributed by atoms with Crippen LogP contribution in [0.3, 0.4) is 0 Å². The van der Waals surface area contributed by atoms with E-state index in [-0.39, 0.29) is 0 Å². The summed E-state index contributed by atoms with van der Waals surface area (Å²) in [6, 6.07) is 0. The Labute approximate surface area is 134 Å². The summed E-state index contributed by atoms with van der Waals surface area (Å²) < 4.78 is 6.50. The maximum absolute atomic E-state index is 6.50. The summed E-state index contributed by atoms with van der Waals surface area (Å²) in [5, 5.41) is 0. The monoisotopic (exact) mass is 298 g/mol. The molecule has 2 aliphatic heterocycles. The van der Waals surface area contributed by atoms with Gasteiger partial charge in [0.2, 0.25) is 0 Å². The van der Waals surface area contributed by atoms with E-state index in [9.17, 15) is 0 Å². The van der Waals surface area contributed by atoms with Crippen molar-refractivity contribution in [3.8, 4) is 0 Å². The largest absolute Gasteiger partial charge is 0.374 e. The Bertz CT molecular complexity index is 542. The van der Waals surface area contributed by atoms with Crippen molar-refractivity contribution in [2.24, 2.45) is 71.0 Å². The zero-order chi connectivity index (χ0) is 14.3. The third-order valence-electron chi connectivity index (χ3n) is 10.2. The molecule has 0 aromatic carbocycles. The Morgan fingerprint density at radius 1 is 0.591 bits per heavy atom. The molecule has 7 rings (SSSR count). The molecular weight excluding hydrogens is 268 g/mol. The van der Waals surface area contributed by atoms with Gasteiger partial charge in [-0.25, -0.2) is 0 Å². The van der Waals surface area contributed by atoms with Crippen molar-refractivity contribution in [1.29, 1.82) is 0 Å². The number of hydrogen-bond donors (Lipinski definition) is 0. The normalized spacial score (nSPS) is 75.5. The van der Waals surface area contributed by atoms with E-state index < -0.39 is 0 Å². The molecule has 1 heteroatoms. The molecule has 0 amide bonds. The molecule has 7 fully saturated rings. The van der Waals surface area contributed by atoms with E-state index in [0.29, 0.717) is 12.2 Å². The zero-order valence-corrected chi connectivity index (χ0v) is 14.0. The Balaban J connectivity index is 1.29. The highest BCUT2D eigenvalue weighted by Gasteiger charge is 2.74. The second kappa shape index (κ2) is 3.63. The lowest BCUT2D eigenvalue weighted by molar-refractivity contribution is 0.00189. The van der Waals surface area contributed by atoms with Crippen LogP contribution in [0.25, 0.3) is 0 Å². The minimum atomic E-state index is 0.670.